The van der Waals surface area contributed by atoms with Gasteiger partial charge >= 0.3 is 12.1 Å². The van der Waals surface area contributed by atoms with Gasteiger partial charge in [0.25, 0.3) is 0 Å². The van der Waals surface area contributed by atoms with Crippen LogP contribution in [-0.4, -0.2) is 42.3 Å². The average Bonchev–Trinajstić information content (AvgIpc) is 3.42. The van der Waals surface area contributed by atoms with Crippen molar-refractivity contribution in [1.82, 2.24) is 10.6 Å². The number of aliphatic carboxylic acids is 1. The molecule has 2 aliphatic rings. The normalized spacial score (nSPS) is 19.5. The molecule has 2 aliphatic carbocycles. The number of benzene rings is 2. The van der Waals surface area contributed by atoms with Crippen molar-refractivity contribution in [3.8, 4) is 11.1 Å². The van der Waals surface area contributed by atoms with Gasteiger partial charge in [-0.15, -0.1) is 0 Å². The Kier molecular flexibility index (Phi) is 8.06. The number of carbonyl (C=O) groups is 3. The van der Waals surface area contributed by atoms with Crippen LogP contribution in [0.15, 0.2) is 48.5 Å². The Morgan fingerprint density at radius 1 is 1.00 bits per heavy atom. The monoisotopic (exact) mass is 478 g/mol. The number of fused-ring (bicyclic) bond motifs is 3. The number of hydrogen-bond acceptors (Lipinski definition) is 4. The second kappa shape index (κ2) is 11.4. The zero-order chi connectivity index (χ0) is 24.8. The van der Waals surface area contributed by atoms with Gasteiger partial charge in [-0.1, -0.05) is 48.5 Å². The molecule has 7 nitrogen and oxygen atoms in total. The van der Waals surface area contributed by atoms with Gasteiger partial charge in [-0.05, 0) is 66.7 Å². The number of amides is 2. The molecule has 3 N–H and O–H groups in total. The second-order valence-corrected chi connectivity index (χ2v) is 9.86. The Hall–Kier alpha value is -3.35. The first-order chi connectivity index (χ1) is 16.9. The third-order valence-corrected chi connectivity index (χ3v) is 7.20. The fourth-order valence-corrected chi connectivity index (χ4v) is 5.43. The largest absolute Gasteiger partial charge is 0.481 e. The van der Waals surface area contributed by atoms with Crippen LogP contribution >= 0.6 is 0 Å². The highest BCUT2D eigenvalue weighted by atomic mass is 16.5. The molecule has 1 saturated carbocycles. The Morgan fingerprint density at radius 3 is 2.29 bits per heavy atom. The zero-order valence-corrected chi connectivity index (χ0v) is 20.2. The summed E-state index contributed by atoms with van der Waals surface area (Å²) in [4.78, 5) is 35.4. The predicted octanol–water partition coefficient (Wildman–Crippen LogP) is 4.70. The molecule has 35 heavy (non-hydrogen) atoms. The van der Waals surface area contributed by atoms with Crippen LogP contribution in [0, 0.1) is 11.8 Å². The topological polar surface area (TPSA) is 105 Å². The molecule has 3 atom stereocenters. The zero-order valence-electron chi connectivity index (χ0n) is 20.2. The van der Waals surface area contributed by atoms with E-state index >= 15 is 0 Å². The van der Waals surface area contributed by atoms with Gasteiger partial charge in [0, 0.05) is 31.3 Å². The quantitative estimate of drug-likeness (QED) is 0.459. The molecular formula is C28H34N2O5. The lowest BCUT2D eigenvalue weighted by atomic mass is 9.98. The lowest BCUT2D eigenvalue weighted by Crippen LogP contribution is -2.34. The van der Waals surface area contributed by atoms with Gasteiger partial charge in [-0.25, -0.2) is 4.79 Å². The Balaban J connectivity index is 1.18. The molecule has 2 amide bonds. The van der Waals surface area contributed by atoms with Crippen molar-refractivity contribution in [2.45, 2.75) is 57.4 Å². The van der Waals surface area contributed by atoms with Crippen molar-refractivity contribution in [2.24, 2.45) is 11.8 Å². The molecule has 0 saturated heterocycles. The number of carboxylic acids is 1. The molecule has 4 rings (SSSR count). The van der Waals surface area contributed by atoms with Crippen molar-refractivity contribution < 1.29 is 24.2 Å². The van der Waals surface area contributed by atoms with Crippen molar-refractivity contribution in [1.29, 1.82) is 0 Å². The molecule has 0 aliphatic heterocycles. The third kappa shape index (κ3) is 6.41. The van der Waals surface area contributed by atoms with Crippen LogP contribution in [0.1, 0.15) is 62.5 Å². The van der Waals surface area contributed by atoms with E-state index in [9.17, 15) is 14.4 Å². The molecule has 2 aromatic rings. The van der Waals surface area contributed by atoms with E-state index in [0.29, 0.717) is 31.9 Å². The van der Waals surface area contributed by atoms with Crippen molar-refractivity contribution in [3.05, 3.63) is 59.7 Å². The van der Waals surface area contributed by atoms with E-state index in [-0.39, 0.29) is 30.2 Å². The molecular weight excluding hydrogens is 444 g/mol. The number of ether oxygens (including phenoxy) is 1. The molecule has 0 heterocycles. The molecule has 1 fully saturated rings. The van der Waals surface area contributed by atoms with E-state index in [1.807, 2.05) is 31.2 Å². The van der Waals surface area contributed by atoms with E-state index in [0.717, 1.165) is 19.3 Å². The highest BCUT2D eigenvalue weighted by Gasteiger charge is 2.30. The highest BCUT2D eigenvalue weighted by Crippen LogP contribution is 2.44. The smallest absolute Gasteiger partial charge is 0.407 e. The van der Waals surface area contributed by atoms with E-state index in [1.165, 1.54) is 22.3 Å². The van der Waals surface area contributed by atoms with E-state index < -0.39 is 12.1 Å². The van der Waals surface area contributed by atoms with Gasteiger partial charge < -0.3 is 20.5 Å². The lowest BCUT2D eigenvalue weighted by Gasteiger charge is -2.16. The van der Waals surface area contributed by atoms with Crippen LogP contribution in [0.3, 0.4) is 0 Å². The summed E-state index contributed by atoms with van der Waals surface area (Å²) in [5.74, 6) is -0.221. The molecule has 186 valence electrons. The standard InChI is InChI=1S/C28H34N2O5/c1-18(10-13-27(32)33)30-26(31)15-19-11-12-20(14-19)16-29-28(34)35-17-25-23-8-4-2-6-21(23)22-7-3-5-9-24(22)25/h2-9,18-20,25H,10-17H2,1H3,(H,29,34)(H,30,31)(H,32,33). The van der Waals surface area contributed by atoms with E-state index in [4.69, 9.17) is 9.84 Å². The van der Waals surface area contributed by atoms with Crippen molar-refractivity contribution >= 4 is 18.0 Å². The molecule has 2 aromatic carbocycles. The summed E-state index contributed by atoms with van der Waals surface area (Å²) < 4.78 is 5.62. The molecule has 0 bridgehead atoms. The summed E-state index contributed by atoms with van der Waals surface area (Å²) in [5, 5.41) is 14.6. The van der Waals surface area contributed by atoms with Crippen LogP contribution in [-0.2, 0) is 14.3 Å². The van der Waals surface area contributed by atoms with Crippen LogP contribution in [0.5, 0.6) is 0 Å². The van der Waals surface area contributed by atoms with E-state index in [2.05, 4.69) is 34.9 Å². The summed E-state index contributed by atoms with van der Waals surface area (Å²) in [6, 6.07) is 16.4. The van der Waals surface area contributed by atoms with Crippen molar-refractivity contribution in [2.75, 3.05) is 13.2 Å². The summed E-state index contributed by atoms with van der Waals surface area (Å²) >= 11 is 0. The SMILES string of the molecule is CC(CCC(=O)O)NC(=O)CC1CCC(CNC(=O)OCC2c3ccccc3-c3ccccc32)C1. The highest BCUT2D eigenvalue weighted by molar-refractivity contribution is 5.79. The number of hydrogen-bond donors (Lipinski definition) is 3. The molecule has 0 aromatic heterocycles. The Bertz CT molecular complexity index is 1020. The Morgan fingerprint density at radius 2 is 1.63 bits per heavy atom. The van der Waals surface area contributed by atoms with Gasteiger partial charge in [0.2, 0.25) is 5.91 Å². The van der Waals surface area contributed by atoms with E-state index in [1.54, 1.807) is 0 Å². The number of carbonyl (C=O) groups excluding carboxylic acids is 2. The number of alkyl carbamates (subject to hydrolysis) is 1. The minimum atomic E-state index is -0.853. The van der Waals surface area contributed by atoms with Crippen LogP contribution in [0.4, 0.5) is 4.79 Å². The first kappa shape index (κ1) is 24.8. The second-order valence-electron chi connectivity index (χ2n) is 9.86. The maximum Gasteiger partial charge on any atom is 0.407 e. The van der Waals surface area contributed by atoms with Gasteiger partial charge in [-0.3, -0.25) is 9.59 Å². The van der Waals surface area contributed by atoms with Gasteiger partial charge in [0.1, 0.15) is 6.61 Å². The predicted molar refractivity (Wildman–Crippen MR) is 133 cm³/mol. The summed E-state index contributed by atoms with van der Waals surface area (Å²) in [6.45, 7) is 2.67. The first-order valence-corrected chi connectivity index (χ1v) is 12.5. The average molecular weight is 479 g/mol. The van der Waals surface area contributed by atoms with Crippen LogP contribution in [0.2, 0.25) is 0 Å². The number of carboxylic acid groups (broad SMARTS) is 1. The minimum Gasteiger partial charge on any atom is -0.481 e. The molecule has 7 heteroatoms. The number of rotatable bonds is 10. The molecule has 3 unspecified atom stereocenters. The molecule has 0 spiro atoms. The van der Waals surface area contributed by atoms with Gasteiger partial charge in [0.05, 0.1) is 0 Å². The maximum atomic E-state index is 12.4. The van der Waals surface area contributed by atoms with Crippen LogP contribution < -0.4 is 10.6 Å². The first-order valence-electron chi connectivity index (χ1n) is 12.5. The fraction of sp³-hybridized carbons (Fsp3) is 0.464. The summed E-state index contributed by atoms with van der Waals surface area (Å²) in [5.41, 5.74) is 4.79. The van der Waals surface area contributed by atoms with Crippen LogP contribution in [0.25, 0.3) is 11.1 Å². The molecule has 0 radical (unpaired) electrons. The fourth-order valence-electron chi connectivity index (χ4n) is 5.43. The van der Waals surface area contributed by atoms with Crippen molar-refractivity contribution in [3.63, 3.8) is 0 Å². The maximum absolute atomic E-state index is 12.4. The summed E-state index contributed by atoms with van der Waals surface area (Å²) in [6.07, 6.45) is 3.33. The van der Waals surface area contributed by atoms with Gasteiger partial charge in [-0.2, -0.15) is 0 Å². The lowest BCUT2D eigenvalue weighted by molar-refractivity contribution is -0.137. The third-order valence-electron chi connectivity index (χ3n) is 7.20. The summed E-state index contributed by atoms with van der Waals surface area (Å²) in [7, 11) is 0. The Labute approximate surface area is 206 Å². The minimum absolute atomic E-state index is 0.0296. The number of nitrogens with one attached hydrogen (secondary N) is 2. The van der Waals surface area contributed by atoms with Gasteiger partial charge in [0.15, 0.2) is 0 Å².